The van der Waals surface area contributed by atoms with Gasteiger partial charge >= 0.3 is 0 Å². The van der Waals surface area contributed by atoms with E-state index < -0.39 is 70.8 Å². The van der Waals surface area contributed by atoms with E-state index in [1.165, 1.54) is 0 Å². The van der Waals surface area contributed by atoms with Gasteiger partial charge in [0.2, 0.25) is 0 Å². The van der Waals surface area contributed by atoms with Crippen molar-refractivity contribution >= 4 is 0 Å². The number of rotatable bonds is 16. The van der Waals surface area contributed by atoms with E-state index >= 15 is 0 Å². The van der Waals surface area contributed by atoms with Crippen LogP contribution in [0.4, 0.5) is 0 Å². The van der Waals surface area contributed by atoms with Crippen LogP contribution in [0.3, 0.4) is 0 Å². The molecular formula is C25H37NO4. The Morgan fingerprint density at radius 1 is 1.00 bits per heavy atom. The van der Waals surface area contributed by atoms with Crippen LogP contribution in [0.25, 0.3) is 0 Å². The van der Waals surface area contributed by atoms with Crippen LogP contribution in [0.1, 0.15) is 81.7 Å². The van der Waals surface area contributed by atoms with Crippen LogP contribution in [0, 0.1) is 0 Å². The summed E-state index contributed by atoms with van der Waals surface area (Å²) in [5.74, 6) is -0.370. The summed E-state index contributed by atoms with van der Waals surface area (Å²) in [6.45, 7) is -12.2. The van der Waals surface area contributed by atoms with Gasteiger partial charge in [0.15, 0.2) is 0 Å². The number of benzene rings is 2. The molecule has 1 unspecified atom stereocenters. The summed E-state index contributed by atoms with van der Waals surface area (Å²) in [6.07, 6.45) is -19.3. The van der Waals surface area contributed by atoms with Crippen LogP contribution in [0.5, 0.6) is 5.75 Å². The van der Waals surface area contributed by atoms with E-state index in [1.807, 2.05) is 5.32 Å². The second kappa shape index (κ2) is 15.0. The van der Waals surface area contributed by atoms with Crippen molar-refractivity contribution in [2.75, 3.05) is 26.2 Å². The minimum Gasteiger partial charge on any atom is -0.508 e. The Bertz CT molecular complexity index is 1290. The van der Waals surface area contributed by atoms with Gasteiger partial charge in [0.25, 0.3) is 0 Å². The predicted octanol–water partition coefficient (Wildman–Crippen LogP) is 4.11. The van der Waals surface area contributed by atoms with E-state index in [-0.39, 0.29) is 23.3 Å². The number of aliphatic hydroxyl groups is 2. The van der Waals surface area contributed by atoms with Crippen molar-refractivity contribution in [1.29, 1.82) is 0 Å². The normalized spacial score (nSPS) is 24.0. The first-order valence-corrected chi connectivity index (χ1v) is 9.34. The molecule has 2 aromatic rings. The molecule has 0 bridgehead atoms. The van der Waals surface area contributed by atoms with Crippen LogP contribution in [-0.4, -0.2) is 41.5 Å². The summed E-state index contributed by atoms with van der Waals surface area (Å²) in [6, 6.07) is 12.0. The summed E-state index contributed by atoms with van der Waals surface area (Å²) >= 11 is 0. The van der Waals surface area contributed by atoms with E-state index in [0.29, 0.717) is 6.42 Å². The summed E-state index contributed by atoms with van der Waals surface area (Å²) in [5, 5.41) is 31.4. The molecule has 0 spiro atoms. The first-order chi connectivity index (χ1) is 20.2. The number of nitrogens with one attached hydrogen (secondary N) is 1. The zero-order valence-corrected chi connectivity index (χ0v) is 16.4. The molecule has 0 saturated heterocycles. The van der Waals surface area contributed by atoms with Crippen LogP contribution in [-0.2, 0) is 17.8 Å². The van der Waals surface area contributed by atoms with Crippen molar-refractivity contribution in [2.45, 2.75) is 57.4 Å². The molecule has 0 fully saturated rings. The maximum Gasteiger partial charge on any atom is 0.121 e. The SMILES string of the molecule is [2H]C([2H])(CCCc1ccccc1)OC([2H])([2H])C([2H])([2H])C([2H])([2H])C([2H])([2H])C([2H])([2H])C([2H])([2H])NCC([2H])(O)c1ccc(O)c(CO)c1. The van der Waals surface area contributed by atoms with E-state index in [9.17, 15) is 15.3 Å². The Kier molecular flexibility index (Phi) is 5.29. The standard InChI is InChI=1S/C25H37NO4/c27-20-23-18-22(13-14-24(23)28)25(29)19-26-15-7-1-2-8-16-30-17-9-6-12-21-10-4-3-5-11-21/h3-5,10-11,13-14,18,25-29H,1-2,6-9,12,15-17,19-20H2/i1D2,2D2,7D2,8D2,15D2,16D2,17D2,25D. The van der Waals surface area contributed by atoms with Gasteiger partial charge in [0, 0.05) is 38.9 Å². The Labute approximate surface area is 201 Å². The number of hydrogen-bond donors (Lipinski definition) is 4. The highest BCUT2D eigenvalue weighted by Crippen LogP contribution is 2.22. The molecule has 0 aliphatic heterocycles. The molecule has 0 radical (unpaired) electrons. The molecular weight excluding hydrogens is 378 g/mol. The Morgan fingerprint density at radius 3 is 2.60 bits per heavy atom. The van der Waals surface area contributed by atoms with Gasteiger partial charge in [0.1, 0.15) is 5.75 Å². The van der Waals surface area contributed by atoms with E-state index in [4.69, 9.17) is 25.3 Å². The van der Waals surface area contributed by atoms with Crippen molar-refractivity contribution < 1.29 is 40.6 Å². The molecule has 0 saturated carbocycles. The lowest BCUT2D eigenvalue weighted by Gasteiger charge is -2.14. The zero-order chi connectivity index (χ0) is 34.9. The average Bonchev–Trinajstić information content (AvgIpc) is 2.91. The Morgan fingerprint density at radius 2 is 1.80 bits per heavy atom. The summed E-state index contributed by atoms with van der Waals surface area (Å²) in [5.41, 5.74) is 0.453. The molecule has 0 aromatic heterocycles. The third-order valence-corrected chi connectivity index (χ3v) is 3.94. The fourth-order valence-electron chi connectivity index (χ4n) is 2.41. The second-order valence-corrected chi connectivity index (χ2v) is 6.11. The van der Waals surface area contributed by atoms with Crippen molar-refractivity contribution in [3.63, 3.8) is 0 Å². The number of aliphatic hydroxyl groups excluding tert-OH is 1. The highest BCUT2D eigenvalue weighted by molar-refractivity contribution is 5.36. The fraction of sp³-hybridized carbons (Fsp3) is 0.520. The number of aromatic hydroxyl groups is 1. The molecule has 0 amide bonds. The highest BCUT2D eigenvalue weighted by Gasteiger charge is 2.09. The molecule has 0 aliphatic carbocycles. The topological polar surface area (TPSA) is 82.0 Å². The molecule has 2 aromatic carbocycles. The van der Waals surface area contributed by atoms with E-state index in [2.05, 4.69) is 0 Å². The van der Waals surface area contributed by atoms with Crippen LogP contribution >= 0.6 is 0 Å². The number of phenols is 1. The maximum absolute atomic E-state index is 10.6. The quantitative estimate of drug-likeness (QED) is 0.322. The molecule has 2 rings (SSSR count). The largest absolute Gasteiger partial charge is 0.508 e. The van der Waals surface area contributed by atoms with Gasteiger partial charge in [-0.25, -0.2) is 0 Å². The summed E-state index contributed by atoms with van der Waals surface area (Å²) in [7, 11) is 0. The molecule has 5 heteroatoms. The molecule has 0 aliphatic rings. The van der Waals surface area contributed by atoms with E-state index in [0.717, 1.165) is 23.8 Å². The first kappa shape index (κ1) is 10.6. The predicted molar refractivity (Wildman–Crippen MR) is 121 cm³/mol. The maximum atomic E-state index is 10.6. The Hall–Kier alpha value is -1.92. The fourth-order valence-corrected chi connectivity index (χ4v) is 2.41. The van der Waals surface area contributed by atoms with Crippen LogP contribution in [0.2, 0.25) is 0 Å². The van der Waals surface area contributed by atoms with Crippen molar-refractivity contribution in [1.82, 2.24) is 5.32 Å². The van der Waals surface area contributed by atoms with Crippen LogP contribution in [0.15, 0.2) is 48.5 Å². The van der Waals surface area contributed by atoms with Gasteiger partial charge in [-0.1, -0.05) is 49.1 Å². The number of ether oxygens (including phenoxy) is 1. The van der Waals surface area contributed by atoms with Gasteiger partial charge in [-0.3, -0.25) is 0 Å². The van der Waals surface area contributed by atoms with Gasteiger partial charge < -0.3 is 25.4 Å². The Balaban J connectivity index is 2.28. The van der Waals surface area contributed by atoms with Gasteiger partial charge in [-0.05, 0) is 61.8 Å². The lowest BCUT2D eigenvalue weighted by atomic mass is 10.1. The van der Waals surface area contributed by atoms with Gasteiger partial charge in [-0.2, -0.15) is 0 Å². The zero-order valence-electron chi connectivity index (χ0n) is 31.4. The van der Waals surface area contributed by atoms with Crippen LogP contribution < -0.4 is 5.32 Å². The first-order valence-electron chi connectivity index (χ1n) is 16.8. The summed E-state index contributed by atoms with van der Waals surface area (Å²) < 4.78 is 127. The second-order valence-electron chi connectivity index (χ2n) is 6.11. The molecule has 5 nitrogen and oxygen atoms in total. The van der Waals surface area contributed by atoms with Gasteiger partial charge in [-0.15, -0.1) is 0 Å². The monoisotopic (exact) mass is 430 g/mol. The average molecular weight is 431 g/mol. The summed E-state index contributed by atoms with van der Waals surface area (Å²) in [4.78, 5) is 0. The number of aryl methyl sites for hydroxylation is 1. The smallest absolute Gasteiger partial charge is 0.121 e. The molecule has 1 atom stereocenters. The van der Waals surface area contributed by atoms with Crippen molar-refractivity contribution in [2.24, 2.45) is 0 Å². The third-order valence-electron chi connectivity index (χ3n) is 3.94. The lowest BCUT2D eigenvalue weighted by molar-refractivity contribution is 0.126. The minimum absolute atomic E-state index is 0.0969. The molecule has 30 heavy (non-hydrogen) atoms. The van der Waals surface area contributed by atoms with Crippen molar-refractivity contribution in [3.8, 4) is 5.75 Å². The van der Waals surface area contributed by atoms with Gasteiger partial charge in [0.05, 0.1) is 19.5 Å². The lowest BCUT2D eigenvalue weighted by Crippen LogP contribution is -2.22. The van der Waals surface area contributed by atoms with E-state index in [1.54, 1.807) is 30.3 Å². The molecule has 4 N–H and O–H groups in total. The number of hydrogen-bond acceptors (Lipinski definition) is 5. The minimum atomic E-state index is -4.23. The highest BCUT2D eigenvalue weighted by atomic mass is 16.5. The van der Waals surface area contributed by atoms with Crippen molar-refractivity contribution in [3.05, 3.63) is 65.2 Å². The third kappa shape index (κ3) is 9.72. The molecule has 0 heterocycles. The molecule has 166 valence electrons.